The van der Waals surface area contributed by atoms with Crippen molar-refractivity contribution in [3.8, 4) is 0 Å². The van der Waals surface area contributed by atoms with Crippen LogP contribution in [-0.2, 0) is 9.59 Å². The van der Waals surface area contributed by atoms with Gasteiger partial charge in [-0.15, -0.1) is 0 Å². The number of amides is 2. The summed E-state index contributed by atoms with van der Waals surface area (Å²) in [5.74, 6) is -1.14. The molecule has 0 N–H and O–H groups in total. The largest absolute Gasteiger partial charge is 0.277 e. The SMILES string of the molecule is O=C1C2C(c3ccc(Br)cc3)C=C3CC(c4ccc(Br)cc4)N(c4ccccc4)N3C2C(=O)N1c1ccccc1. The van der Waals surface area contributed by atoms with Gasteiger partial charge in [-0.2, -0.15) is 0 Å². The molecule has 0 spiro atoms. The first-order chi connectivity index (χ1) is 19.5. The normalized spacial score (nSPS) is 23.8. The van der Waals surface area contributed by atoms with Crippen LogP contribution in [-0.4, -0.2) is 22.9 Å². The second-order valence-electron chi connectivity index (χ2n) is 10.3. The second-order valence-corrected chi connectivity index (χ2v) is 12.2. The molecule has 40 heavy (non-hydrogen) atoms. The molecule has 4 unspecified atom stereocenters. The van der Waals surface area contributed by atoms with E-state index in [1.807, 2.05) is 60.7 Å². The first-order valence-corrected chi connectivity index (χ1v) is 14.9. The first kappa shape index (κ1) is 25.3. The van der Waals surface area contributed by atoms with E-state index in [4.69, 9.17) is 0 Å². The zero-order chi connectivity index (χ0) is 27.4. The van der Waals surface area contributed by atoms with Gasteiger partial charge >= 0.3 is 0 Å². The number of rotatable bonds is 4. The number of anilines is 2. The Balaban J connectivity index is 1.41. The van der Waals surface area contributed by atoms with Crippen molar-refractivity contribution in [2.45, 2.75) is 24.4 Å². The predicted molar refractivity (Wildman–Crippen MR) is 163 cm³/mol. The van der Waals surface area contributed by atoms with Crippen LogP contribution in [0.5, 0.6) is 0 Å². The molecule has 2 amide bonds. The molecule has 0 saturated carbocycles. The van der Waals surface area contributed by atoms with Crippen LogP contribution in [0.1, 0.15) is 29.5 Å². The van der Waals surface area contributed by atoms with Crippen LogP contribution >= 0.6 is 31.9 Å². The lowest BCUT2D eigenvalue weighted by Gasteiger charge is -2.43. The molecule has 4 aromatic carbocycles. The summed E-state index contributed by atoms with van der Waals surface area (Å²) in [6.07, 6.45) is 2.94. The number of carbonyl (C=O) groups is 2. The molecule has 5 nitrogen and oxygen atoms in total. The highest BCUT2D eigenvalue weighted by molar-refractivity contribution is 9.10. The van der Waals surface area contributed by atoms with Crippen LogP contribution in [0.3, 0.4) is 0 Å². The van der Waals surface area contributed by atoms with Crippen molar-refractivity contribution in [2.75, 3.05) is 9.91 Å². The quantitative estimate of drug-likeness (QED) is 0.212. The summed E-state index contributed by atoms with van der Waals surface area (Å²) in [6.45, 7) is 0. The minimum atomic E-state index is -0.665. The summed E-state index contributed by atoms with van der Waals surface area (Å²) in [5.41, 5.74) is 4.83. The van der Waals surface area contributed by atoms with Gasteiger partial charge in [0.1, 0.15) is 6.04 Å². The molecule has 2 saturated heterocycles. The van der Waals surface area contributed by atoms with Gasteiger partial charge in [-0.3, -0.25) is 19.6 Å². The van der Waals surface area contributed by atoms with Crippen LogP contribution in [0, 0.1) is 5.92 Å². The summed E-state index contributed by atoms with van der Waals surface area (Å²) >= 11 is 7.11. The third-order valence-electron chi connectivity index (χ3n) is 8.11. The zero-order valence-electron chi connectivity index (χ0n) is 21.4. The number of para-hydroxylation sites is 2. The third kappa shape index (κ3) is 4.11. The second kappa shape index (κ2) is 10.1. The van der Waals surface area contributed by atoms with E-state index >= 15 is 0 Å². The smallest absolute Gasteiger partial charge is 0.259 e. The van der Waals surface area contributed by atoms with Crippen LogP contribution in [0.4, 0.5) is 11.4 Å². The van der Waals surface area contributed by atoms with Crippen molar-refractivity contribution in [1.82, 2.24) is 5.01 Å². The Morgan fingerprint density at radius 3 is 1.75 bits per heavy atom. The van der Waals surface area contributed by atoms with Gasteiger partial charge < -0.3 is 0 Å². The maximum Gasteiger partial charge on any atom is 0.259 e. The van der Waals surface area contributed by atoms with Gasteiger partial charge in [0.05, 0.1) is 23.3 Å². The molecule has 7 rings (SSSR count). The lowest BCUT2D eigenvalue weighted by Crippen LogP contribution is -2.53. The third-order valence-corrected chi connectivity index (χ3v) is 9.17. The fraction of sp³-hybridized carbons (Fsp3) is 0.152. The highest BCUT2D eigenvalue weighted by Gasteiger charge is 2.60. The fourth-order valence-electron chi connectivity index (χ4n) is 6.37. The summed E-state index contributed by atoms with van der Waals surface area (Å²) < 4.78 is 1.99. The van der Waals surface area contributed by atoms with Gasteiger partial charge in [-0.25, -0.2) is 4.90 Å². The molecule has 3 aliphatic heterocycles. The number of allylic oxidation sites excluding steroid dienone is 1. The van der Waals surface area contributed by atoms with Crippen molar-refractivity contribution >= 4 is 55.0 Å². The lowest BCUT2D eigenvalue weighted by atomic mass is 9.78. The Hall–Kier alpha value is -3.68. The highest BCUT2D eigenvalue weighted by Crippen LogP contribution is 2.52. The molecule has 0 bridgehead atoms. The van der Waals surface area contributed by atoms with Crippen molar-refractivity contribution in [1.29, 1.82) is 0 Å². The van der Waals surface area contributed by atoms with Gasteiger partial charge in [-0.05, 0) is 59.7 Å². The standard InChI is InChI=1S/C33H25Br2N3O2/c34-23-15-11-21(12-16-23)28-19-27-20-29(22-13-17-24(35)18-14-22)37(26-9-5-2-6-10-26)38(27)31-30(28)32(39)36(33(31)40)25-7-3-1-4-8-25/h1-19,28-31H,20H2. The number of imide groups is 1. The maximum absolute atomic E-state index is 14.4. The minimum absolute atomic E-state index is 0.0280. The Labute approximate surface area is 249 Å². The van der Waals surface area contributed by atoms with Gasteiger partial charge in [0.15, 0.2) is 0 Å². The van der Waals surface area contributed by atoms with Crippen molar-refractivity contribution < 1.29 is 9.59 Å². The minimum Gasteiger partial charge on any atom is -0.277 e. The molecule has 4 aromatic rings. The molecule has 0 aromatic heterocycles. The van der Waals surface area contributed by atoms with Crippen LogP contribution in [0.15, 0.2) is 130 Å². The predicted octanol–water partition coefficient (Wildman–Crippen LogP) is 7.62. The summed E-state index contributed by atoms with van der Waals surface area (Å²) in [6, 6.07) is 35.2. The number of benzene rings is 4. The lowest BCUT2D eigenvalue weighted by molar-refractivity contribution is -0.122. The molecule has 2 fully saturated rings. The van der Waals surface area contributed by atoms with E-state index in [1.165, 1.54) is 4.90 Å². The Morgan fingerprint density at radius 2 is 1.15 bits per heavy atom. The van der Waals surface area contributed by atoms with E-state index in [1.54, 1.807) is 0 Å². The van der Waals surface area contributed by atoms with Crippen LogP contribution in [0.25, 0.3) is 0 Å². The molecule has 3 aliphatic rings. The number of carbonyl (C=O) groups excluding carboxylic acids is 2. The average molecular weight is 655 g/mol. The molecule has 198 valence electrons. The van der Waals surface area contributed by atoms with Crippen molar-refractivity contribution in [3.05, 3.63) is 141 Å². The van der Waals surface area contributed by atoms with Crippen LogP contribution in [0.2, 0.25) is 0 Å². The number of fused-ring (bicyclic) bond motifs is 3. The van der Waals surface area contributed by atoms with Crippen molar-refractivity contribution in [3.63, 3.8) is 0 Å². The summed E-state index contributed by atoms with van der Waals surface area (Å²) in [5, 5.41) is 4.34. The van der Waals surface area contributed by atoms with Crippen LogP contribution < -0.4 is 9.91 Å². The van der Waals surface area contributed by atoms with E-state index < -0.39 is 12.0 Å². The summed E-state index contributed by atoms with van der Waals surface area (Å²) in [7, 11) is 0. The van der Waals surface area contributed by atoms with E-state index in [0.29, 0.717) is 5.69 Å². The van der Waals surface area contributed by atoms with Crippen molar-refractivity contribution in [2.24, 2.45) is 5.92 Å². The molecule has 0 radical (unpaired) electrons. The monoisotopic (exact) mass is 653 g/mol. The number of hydrogen-bond donors (Lipinski definition) is 0. The fourth-order valence-corrected chi connectivity index (χ4v) is 6.90. The number of hydrogen-bond acceptors (Lipinski definition) is 4. The van der Waals surface area contributed by atoms with Gasteiger partial charge in [0, 0.05) is 27.0 Å². The molecular weight excluding hydrogens is 630 g/mol. The number of hydrazine groups is 1. The number of halogens is 2. The average Bonchev–Trinajstić information content (AvgIpc) is 3.49. The molecule has 7 heteroatoms. The Bertz CT molecular complexity index is 1610. The number of nitrogens with zero attached hydrogens (tertiary/aromatic N) is 3. The van der Waals surface area contributed by atoms with E-state index in [0.717, 1.165) is 37.9 Å². The molecule has 4 atom stereocenters. The molecular formula is C33H25Br2N3O2. The van der Waals surface area contributed by atoms with Gasteiger partial charge in [0.25, 0.3) is 5.91 Å². The Kier molecular flexibility index (Phi) is 6.36. The maximum atomic E-state index is 14.4. The molecule has 3 heterocycles. The first-order valence-electron chi connectivity index (χ1n) is 13.3. The molecule has 0 aliphatic carbocycles. The van der Waals surface area contributed by atoms with E-state index in [9.17, 15) is 9.59 Å². The van der Waals surface area contributed by atoms with E-state index in [-0.39, 0.29) is 23.8 Å². The topological polar surface area (TPSA) is 43.9 Å². The van der Waals surface area contributed by atoms with Gasteiger partial charge in [0.2, 0.25) is 5.91 Å². The zero-order valence-corrected chi connectivity index (χ0v) is 24.6. The Morgan fingerprint density at radius 1 is 0.600 bits per heavy atom. The van der Waals surface area contributed by atoms with E-state index in [2.05, 4.69) is 96.5 Å². The highest BCUT2D eigenvalue weighted by atomic mass is 79.9. The summed E-state index contributed by atoms with van der Waals surface area (Å²) in [4.78, 5) is 30.0. The van der Waals surface area contributed by atoms with Gasteiger partial charge in [-0.1, -0.05) is 98.6 Å².